The van der Waals surface area contributed by atoms with Crippen LogP contribution in [0.1, 0.15) is 24.8 Å². The van der Waals surface area contributed by atoms with Crippen molar-refractivity contribution in [3.05, 3.63) is 60.7 Å². The van der Waals surface area contributed by atoms with Gasteiger partial charge in [0.1, 0.15) is 6.04 Å². The number of unbranched alkanes of at least 4 members (excludes halogenated alkanes) is 1. The number of aliphatic carboxylic acids is 1. The molecule has 1 atom stereocenters. The number of rotatable bonds is 8. The lowest BCUT2D eigenvalue weighted by molar-refractivity contribution is -0.141. The lowest BCUT2D eigenvalue weighted by Gasteiger charge is -2.14. The summed E-state index contributed by atoms with van der Waals surface area (Å²) in [6.07, 6.45) is 3.76. The number of allylic oxidation sites excluding steroid dienone is 1. The SMILES string of the molecule is C=CCCC[C@@H](NC(=O)Cc1ccc2ccccc2c1)C(=O)O. The molecule has 0 unspecified atom stereocenters. The summed E-state index contributed by atoms with van der Waals surface area (Å²) in [5.74, 6) is -1.27. The molecular weight excluding hydrogens is 290 g/mol. The standard InChI is InChI=1S/C19H21NO3/c1-2-3-4-9-17(19(22)23)20-18(21)13-14-10-11-15-7-5-6-8-16(15)12-14/h2,5-8,10-12,17H,1,3-4,9,13H2,(H,20,21)(H,22,23)/t17-/m1/s1. The van der Waals surface area contributed by atoms with E-state index in [9.17, 15) is 14.7 Å². The van der Waals surface area contributed by atoms with Crippen LogP contribution in [0.3, 0.4) is 0 Å². The first-order valence-corrected chi connectivity index (χ1v) is 7.71. The summed E-state index contributed by atoms with van der Waals surface area (Å²) in [7, 11) is 0. The van der Waals surface area contributed by atoms with Crippen molar-refractivity contribution in [2.45, 2.75) is 31.7 Å². The second-order valence-corrected chi connectivity index (χ2v) is 5.54. The van der Waals surface area contributed by atoms with Crippen molar-refractivity contribution in [2.24, 2.45) is 0 Å². The molecule has 0 heterocycles. The van der Waals surface area contributed by atoms with Crippen LogP contribution in [-0.4, -0.2) is 23.0 Å². The predicted octanol–water partition coefficient (Wildman–Crippen LogP) is 3.31. The number of carbonyl (C=O) groups excluding carboxylic acids is 1. The van der Waals surface area contributed by atoms with E-state index >= 15 is 0 Å². The summed E-state index contributed by atoms with van der Waals surface area (Å²) in [6, 6.07) is 12.9. The summed E-state index contributed by atoms with van der Waals surface area (Å²) < 4.78 is 0. The van der Waals surface area contributed by atoms with Crippen molar-refractivity contribution in [1.82, 2.24) is 5.32 Å². The Morgan fingerprint density at radius 3 is 2.61 bits per heavy atom. The number of nitrogens with one attached hydrogen (secondary N) is 1. The zero-order valence-electron chi connectivity index (χ0n) is 13.0. The second kappa shape index (κ2) is 8.13. The Bertz CT molecular complexity index is 709. The van der Waals surface area contributed by atoms with Crippen molar-refractivity contribution >= 4 is 22.6 Å². The molecule has 0 fully saturated rings. The topological polar surface area (TPSA) is 66.4 Å². The van der Waals surface area contributed by atoms with Crippen LogP contribution < -0.4 is 5.32 Å². The Morgan fingerprint density at radius 1 is 1.17 bits per heavy atom. The van der Waals surface area contributed by atoms with E-state index in [1.807, 2.05) is 42.5 Å². The number of carbonyl (C=O) groups is 2. The molecule has 0 spiro atoms. The minimum absolute atomic E-state index is 0.177. The molecule has 0 radical (unpaired) electrons. The smallest absolute Gasteiger partial charge is 0.326 e. The van der Waals surface area contributed by atoms with E-state index in [-0.39, 0.29) is 12.3 Å². The summed E-state index contributed by atoms with van der Waals surface area (Å²) >= 11 is 0. The van der Waals surface area contributed by atoms with Gasteiger partial charge in [0.25, 0.3) is 0 Å². The van der Waals surface area contributed by atoms with Crippen LogP contribution in [0.4, 0.5) is 0 Å². The maximum atomic E-state index is 12.1. The molecule has 4 nitrogen and oxygen atoms in total. The van der Waals surface area contributed by atoms with Gasteiger partial charge in [-0.3, -0.25) is 4.79 Å². The third kappa shape index (κ3) is 4.95. The number of benzene rings is 2. The molecule has 120 valence electrons. The van der Waals surface area contributed by atoms with E-state index in [1.165, 1.54) is 0 Å². The fourth-order valence-corrected chi connectivity index (χ4v) is 2.50. The lowest BCUT2D eigenvalue weighted by atomic mass is 10.0. The Balaban J connectivity index is 1.98. The molecule has 0 aromatic heterocycles. The second-order valence-electron chi connectivity index (χ2n) is 5.54. The third-order valence-electron chi connectivity index (χ3n) is 3.71. The van der Waals surface area contributed by atoms with Crippen LogP contribution >= 0.6 is 0 Å². The molecule has 0 aliphatic carbocycles. The molecular formula is C19H21NO3. The largest absolute Gasteiger partial charge is 0.480 e. The van der Waals surface area contributed by atoms with Gasteiger partial charge in [0, 0.05) is 0 Å². The van der Waals surface area contributed by atoms with Gasteiger partial charge in [-0.15, -0.1) is 6.58 Å². The van der Waals surface area contributed by atoms with E-state index in [0.717, 1.165) is 22.8 Å². The minimum atomic E-state index is -0.999. The van der Waals surface area contributed by atoms with Gasteiger partial charge in [0.05, 0.1) is 6.42 Å². The highest BCUT2D eigenvalue weighted by atomic mass is 16.4. The van der Waals surface area contributed by atoms with Gasteiger partial charge < -0.3 is 10.4 Å². The first-order valence-electron chi connectivity index (χ1n) is 7.71. The molecule has 0 aliphatic heterocycles. The highest BCUT2D eigenvalue weighted by Crippen LogP contribution is 2.16. The first kappa shape index (κ1) is 16.7. The fourth-order valence-electron chi connectivity index (χ4n) is 2.50. The van der Waals surface area contributed by atoms with Gasteiger partial charge in [0.15, 0.2) is 0 Å². The highest BCUT2D eigenvalue weighted by molar-refractivity contribution is 5.87. The predicted molar refractivity (Wildman–Crippen MR) is 91.3 cm³/mol. The number of amides is 1. The van der Waals surface area contributed by atoms with Crippen molar-refractivity contribution in [3.8, 4) is 0 Å². The summed E-state index contributed by atoms with van der Waals surface area (Å²) in [6.45, 7) is 3.61. The molecule has 0 saturated heterocycles. The number of carboxylic acid groups (broad SMARTS) is 1. The van der Waals surface area contributed by atoms with E-state index in [2.05, 4.69) is 11.9 Å². The zero-order valence-corrected chi connectivity index (χ0v) is 13.0. The lowest BCUT2D eigenvalue weighted by Crippen LogP contribution is -2.41. The van der Waals surface area contributed by atoms with E-state index < -0.39 is 12.0 Å². The van der Waals surface area contributed by atoms with E-state index in [0.29, 0.717) is 12.8 Å². The quantitative estimate of drug-likeness (QED) is 0.580. The van der Waals surface area contributed by atoms with Crippen LogP contribution in [0.5, 0.6) is 0 Å². The molecule has 2 N–H and O–H groups in total. The fraction of sp³-hybridized carbons (Fsp3) is 0.263. The Hall–Kier alpha value is -2.62. The summed E-state index contributed by atoms with van der Waals surface area (Å²) in [5, 5.41) is 14.0. The van der Waals surface area contributed by atoms with Gasteiger partial charge in [-0.05, 0) is 35.6 Å². The minimum Gasteiger partial charge on any atom is -0.480 e. The highest BCUT2D eigenvalue weighted by Gasteiger charge is 2.19. The van der Waals surface area contributed by atoms with Gasteiger partial charge >= 0.3 is 5.97 Å². The molecule has 4 heteroatoms. The molecule has 2 rings (SSSR count). The molecule has 23 heavy (non-hydrogen) atoms. The van der Waals surface area contributed by atoms with Crippen molar-refractivity contribution in [1.29, 1.82) is 0 Å². The third-order valence-corrected chi connectivity index (χ3v) is 3.71. The number of hydrogen-bond donors (Lipinski definition) is 2. The normalized spacial score (nSPS) is 11.8. The maximum absolute atomic E-state index is 12.1. The average Bonchev–Trinajstić information content (AvgIpc) is 2.54. The first-order chi connectivity index (χ1) is 11.1. The molecule has 1 amide bonds. The van der Waals surface area contributed by atoms with E-state index in [1.54, 1.807) is 6.08 Å². The van der Waals surface area contributed by atoms with Gasteiger partial charge in [-0.2, -0.15) is 0 Å². The average molecular weight is 311 g/mol. The van der Waals surface area contributed by atoms with Crippen molar-refractivity contribution < 1.29 is 14.7 Å². The van der Waals surface area contributed by atoms with Gasteiger partial charge in [0.2, 0.25) is 5.91 Å². The molecule has 0 bridgehead atoms. The van der Waals surface area contributed by atoms with Crippen LogP contribution in [0.25, 0.3) is 10.8 Å². The van der Waals surface area contributed by atoms with Crippen molar-refractivity contribution in [3.63, 3.8) is 0 Å². The molecule has 0 saturated carbocycles. The molecule has 2 aromatic carbocycles. The Morgan fingerprint density at radius 2 is 1.91 bits per heavy atom. The van der Waals surface area contributed by atoms with Crippen LogP contribution in [0, 0.1) is 0 Å². The zero-order chi connectivity index (χ0) is 16.7. The van der Waals surface area contributed by atoms with Crippen molar-refractivity contribution in [2.75, 3.05) is 0 Å². The number of carboxylic acids is 1. The van der Waals surface area contributed by atoms with E-state index in [4.69, 9.17) is 0 Å². The summed E-state index contributed by atoms with van der Waals surface area (Å²) in [4.78, 5) is 23.3. The maximum Gasteiger partial charge on any atom is 0.326 e. The number of hydrogen-bond acceptors (Lipinski definition) is 2. The van der Waals surface area contributed by atoms with Crippen LogP contribution in [0.2, 0.25) is 0 Å². The van der Waals surface area contributed by atoms with Crippen LogP contribution in [-0.2, 0) is 16.0 Å². The monoisotopic (exact) mass is 311 g/mol. The van der Waals surface area contributed by atoms with Crippen LogP contribution in [0.15, 0.2) is 55.1 Å². The Kier molecular flexibility index (Phi) is 5.92. The molecule has 2 aromatic rings. The molecule has 0 aliphatic rings. The summed E-state index contributed by atoms with van der Waals surface area (Å²) in [5.41, 5.74) is 0.872. The van der Waals surface area contributed by atoms with Gasteiger partial charge in [-0.25, -0.2) is 4.79 Å². The van der Waals surface area contributed by atoms with Gasteiger partial charge in [-0.1, -0.05) is 48.5 Å². The number of fused-ring (bicyclic) bond motifs is 1. The Labute approximate surface area is 135 Å².